The van der Waals surface area contributed by atoms with Crippen molar-refractivity contribution >= 4 is 29.9 Å². The number of guanidine groups is 1. The molecule has 140 valence electrons. The zero-order valence-electron chi connectivity index (χ0n) is 15.7. The monoisotopic (exact) mass is 451 g/mol. The van der Waals surface area contributed by atoms with E-state index in [1.807, 2.05) is 19.9 Å². The Morgan fingerprint density at radius 2 is 1.88 bits per heavy atom. The van der Waals surface area contributed by atoms with Crippen molar-refractivity contribution in [1.29, 1.82) is 0 Å². The highest BCUT2D eigenvalue weighted by Crippen LogP contribution is 2.29. The van der Waals surface area contributed by atoms with E-state index in [0.717, 1.165) is 55.4 Å². The molecule has 0 atom stereocenters. The fourth-order valence-corrected chi connectivity index (χ4v) is 2.80. The molecule has 0 spiro atoms. The van der Waals surface area contributed by atoms with Crippen molar-refractivity contribution in [1.82, 2.24) is 10.6 Å². The summed E-state index contributed by atoms with van der Waals surface area (Å²) < 4.78 is 5.55. The van der Waals surface area contributed by atoms with E-state index in [1.54, 1.807) is 0 Å². The molecule has 24 heavy (non-hydrogen) atoms. The number of aliphatic hydroxyl groups is 1. The zero-order chi connectivity index (χ0) is 17.3. The van der Waals surface area contributed by atoms with Gasteiger partial charge in [-0.05, 0) is 51.5 Å². The van der Waals surface area contributed by atoms with Crippen molar-refractivity contribution < 1.29 is 9.52 Å². The topological polar surface area (TPSA) is 69.8 Å². The van der Waals surface area contributed by atoms with Gasteiger partial charge in [-0.1, -0.05) is 13.8 Å². The molecule has 1 aromatic heterocycles. The largest absolute Gasteiger partial charge is 0.466 e. The lowest BCUT2D eigenvalue weighted by molar-refractivity contribution is 0.169. The minimum atomic E-state index is 0. The lowest BCUT2D eigenvalue weighted by Crippen LogP contribution is -2.43. The number of nitrogens with one attached hydrogen (secondary N) is 2. The van der Waals surface area contributed by atoms with Crippen LogP contribution >= 0.6 is 24.0 Å². The van der Waals surface area contributed by atoms with Crippen molar-refractivity contribution in [3.05, 3.63) is 23.2 Å². The van der Waals surface area contributed by atoms with Gasteiger partial charge in [0.2, 0.25) is 0 Å². The third-order valence-corrected chi connectivity index (χ3v) is 4.67. The van der Waals surface area contributed by atoms with Crippen LogP contribution in [0.25, 0.3) is 0 Å². The first-order valence-electron chi connectivity index (χ1n) is 8.69. The molecule has 0 aliphatic rings. The molecule has 0 saturated heterocycles. The van der Waals surface area contributed by atoms with E-state index in [-0.39, 0.29) is 36.0 Å². The van der Waals surface area contributed by atoms with Crippen LogP contribution in [0.5, 0.6) is 0 Å². The van der Waals surface area contributed by atoms with Gasteiger partial charge in [-0.25, -0.2) is 4.99 Å². The molecule has 0 aliphatic heterocycles. The normalized spacial score (nSPS) is 12.0. The smallest absolute Gasteiger partial charge is 0.191 e. The van der Waals surface area contributed by atoms with Gasteiger partial charge in [-0.15, -0.1) is 24.0 Å². The third kappa shape index (κ3) is 7.01. The molecule has 1 aromatic rings. The predicted molar refractivity (Wildman–Crippen MR) is 111 cm³/mol. The number of hydrogen-bond acceptors (Lipinski definition) is 3. The van der Waals surface area contributed by atoms with Gasteiger partial charge >= 0.3 is 0 Å². The molecule has 1 rings (SSSR count). The Kier molecular flexibility index (Phi) is 11.4. The number of aryl methyl sites for hydroxylation is 2. The number of furan rings is 1. The van der Waals surface area contributed by atoms with E-state index in [4.69, 9.17) is 4.42 Å². The summed E-state index contributed by atoms with van der Waals surface area (Å²) in [5.41, 5.74) is 1.24. The van der Waals surface area contributed by atoms with Crippen LogP contribution in [-0.4, -0.2) is 30.8 Å². The predicted octanol–water partition coefficient (Wildman–Crippen LogP) is 3.76. The van der Waals surface area contributed by atoms with Gasteiger partial charge < -0.3 is 20.2 Å². The van der Waals surface area contributed by atoms with E-state index in [1.165, 1.54) is 0 Å². The third-order valence-electron chi connectivity index (χ3n) is 4.67. The van der Waals surface area contributed by atoms with Gasteiger partial charge in [0.1, 0.15) is 11.5 Å². The summed E-state index contributed by atoms with van der Waals surface area (Å²) >= 11 is 0. The van der Waals surface area contributed by atoms with Crippen molar-refractivity contribution in [2.24, 2.45) is 10.4 Å². The first-order chi connectivity index (χ1) is 11.0. The maximum Gasteiger partial charge on any atom is 0.191 e. The van der Waals surface area contributed by atoms with Crippen LogP contribution in [0.4, 0.5) is 0 Å². The average molecular weight is 451 g/mol. The van der Waals surface area contributed by atoms with Crippen molar-refractivity contribution in [2.75, 3.05) is 19.7 Å². The van der Waals surface area contributed by atoms with Crippen LogP contribution in [0, 0.1) is 19.3 Å². The van der Waals surface area contributed by atoms with Crippen LogP contribution < -0.4 is 10.6 Å². The minimum absolute atomic E-state index is 0. The lowest BCUT2D eigenvalue weighted by atomic mass is 9.79. The average Bonchev–Trinajstić information content (AvgIpc) is 2.86. The first kappa shape index (κ1) is 23.2. The second-order valence-corrected chi connectivity index (χ2v) is 6.17. The fraction of sp³-hybridized carbons (Fsp3) is 0.722. The molecule has 3 N–H and O–H groups in total. The number of nitrogens with zero attached hydrogens (tertiary/aromatic N) is 1. The van der Waals surface area contributed by atoms with Gasteiger partial charge in [0.05, 0.1) is 6.54 Å². The highest BCUT2D eigenvalue weighted by atomic mass is 127. The molecule has 1 heterocycles. The standard InChI is InChI=1S/C18H33N3O2.HI/c1-6-18(7-2,9-10-22)13-21-17(19-8-3)20-12-16-11-14(4)23-15(16)5;/h11,22H,6-10,12-13H2,1-5H3,(H2,19,20,21);1H. The molecule has 0 bridgehead atoms. The molecule has 0 fully saturated rings. The van der Waals surface area contributed by atoms with Gasteiger partial charge in [-0.3, -0.25) is 0 Å². The van der Waals surface area contributed by atoms with Crippen molar-refractivity contribution in [3.63, 3.8) is 0 Å². The number of halogens is 1. The van der Waals surface area contributed by atoms with E-state index in [2.05, 4.69) is 36.4 Å². The van der Waals surface area contributed by atoms with Crippen LogP contribution in [0.3, 0.4) is 0 Å². The van der Waals surface area contributed by atoms with Crippen LogP contribution in [-0.2, 0) is 6.54 Å². The molecule has 0 saturated carbocycles. The van der Waals surface area contributed by atoms with E-state index >= 15 is 0 Å². The van der Waals surface area contributed by atoms with E-state index in [9.17, 15) is 5.11 Å². The summed E-state index contributed by atoms with van der Waals surface area (Å²) in [7, 11) is 0. The van der Waals surface area contributed by atoms with Gasteiger partial charge in [0.15, 0.2) is 5.96 Å². The molecular weight excluding hydrogens is 417 g/mol. The van der Waals surface area contributed by atoms with Crippen LogP contribution in [0.1, 0.15) is 57.1 Å². The van der Waals surface area contributed by atoms with Crippen molar-refractivity contribution in [2.45, 2.75) is 60.4 Å². The fourth-order valence-electron chi connectivity index (χ4n) is 2.80. The number of aliphatic hydroxyl groups excluding tert-OH is 1. The summed E-state index contributed by atoms with van der Waals surface area (Å²) in [6, 6.07) is 2.04. The highest BCUT2D eigenvalue weighted by molar-refractivity contribution is 14.0. The van der Waals surface area contributed by atoms with Crippen LogP contribution in [0.15, 0.2) is 15.5 Å². The van der Waals surface area contributed by atoms with E-state index < -0.39 is 0 Å². The Morgan fingerprint density at radius 1 is 1.21 bits per heavy atom. The zero-order valence-corrected chi connectivity index (χ0v) is 18.1. The second-order valence-electron chi connectivity index (χ2n) is 6.17. The summed E-state index contributed by atoms with van der Waals surface area (Å²) in [5, 5.41) is 16.1. The molecule has 0 radical (unpaired) electrons. The summed E-state index contributed by atoms with van der Waals surface area (Å²) in [5.74, 6) is 2.67. The highest BCUT2D eigenvalue weighted by Gasteiger charge is 2.25. The van der Waals surface area contributed by atoms with Gasteiger partial charge in [-0.2, -0.15) is 0 Å². The quantitative estimate of drug-likeness (QED) is 0.304. The second kappa shape index (κ2) is 11.7. The summed E-state index contributed by atoms with van der Waals surface area (Å²) in [4.78, 5) is 4.66. The molecule has 0 aliphatic carbocycles. The Bertz CT molecular complexity index is 496. The number of rotatable bonds is 9. The van der Waals surface area contributed by atoms with Crippen molar-refractivity contribution in [3.8, 4) is 0 Å². The molecule has 6 heteroatoms. The Balaban J connectivity index is 0.00000529. The number of aliphatic imine (C=N–C) groups is 1. The van der Waals surface area contributed by atoms with Crippen LogP contribution in [0.2, 0.25) is 0 Å². The van der Waals surface area contributed by atoms with E-state index in [0.29, 0.717) is 6.54 Å². The first-order valence-corrected chi connectivity index (χ1v) is 8.69. The molecule has 0 aromatic carbocycles. The number of hydrogen-bond donors (Lipinski definition) is 3. The van der Waals surface area contributed by atoms with Gasteiger partial charge in [0, 0.05) is 25.3 Å². The SMILES string of the molecule is CCNC(=NCc1cc(C)oc1C)NCC(CC)(CC)CCO.I. The maximum atomic E-state index is 9.33. The summed E-state index contributed by atoms with van der Waals surface area (Å²) in [6.45, 7) is 12.8. The Labute approximate surface area is 163 Å². The molecule has 0 unspecified atom stereocenters. The minimum Gasteiger partial charge on any atom is -0.466 e. The molecule has 0 amide bonds. The Hall–Kier alpha value is -0.760. The molecular formula is C18H34IN3O2. The molecule has 5 nitrogen and oxygen atoms in total. The Morgan fingerprint density at radius 3 is 2.33 bits per heavy atom. The lowest BCUT2D eigenvalue weighted by Gasteiger charge is -2.32. The summed E-state index contributed by atoms with van der Waals surface area (Å²) in [6.07, 6.45) is 2.89. The van der Waals surface area contributed by atoms with Gasteiger partial charge in [0.25, 0.3) is 0 Å². The maximum absolute atomic E-state index is 9.33.